The Morgan fingerprint density at radius 3 is 2.40 bits per heavy atom. The van der Waals surface area contributed by atoms with Gasteiger partial charge in [0, 0.05) is 36.8 Å². The largest absolute Gasteiger partial charge is 0.339 e. The number of carbonyl (C=O) groups excluding carboxylic acids is 2. The molecule has 0 radical (unpaired) electrons. The van der Waals surface area contributed by atoms with E-state index in [2.05, 4.69) is 31.2 Å². The van der Waals surface area contributed by atoms with Crippen LogP contribution < -0.4 is 5.32 Å². The van der Waals surface area contributed by atoms with Crippen LogP contribution in [-0.2, 0) is 10.3 Å². The second kappa shape index (κ2) is 7.94. The summed E-state index contributed by atoms with van der Waals surface area (Å²) in [5, 5.41) is 9.41. The van der Waals surface area contributed by atoms with E-state index in [9.17, 15) is 9.59 Å². The van der Waals surface area contributed by atoms with Crippen LogP contribution in [0, 0.1) is 5.92 Å². The molecular weight excluding hydrogens is 376 g/mol. The summed E-state index contributed by atoms with van der Waals surface area (Å²) in [6.45, 7) is 7.35. The summed E-state index contributed by atoms with van der Waals surface area (Å²) in [4.78, 5) is 27.6. The first-order chi connectivity index (χ1) is 14.3. The van der Waals surface area contributed by atoms with Gasteiger partial charge in [-0.25, -0.2) is 0 Å². The molecule has 0 unspecified atom stereocenters. The zero-order valence-corrected chi connectivity index (χ0v) is 17.8. The van der Waals surface area contributed by atoms with Gasteiger partial charge in [0.25, 0.3) is 5.91 Å². The summed E-state index contributed by atoms with van der Waals surface area (Å²) in [7, 11) is 0. The molecule has 3 aromatic rings. The van der Waals surface area contributed by atoms with E-state index in [4.69, 9.17) is 0 Å². The van der Waals surface area contributed by atoms with Crippen LogP contribution in [0.3, 0.4) is 0 Å². The van der Waals surface area contributed by atoms with E-state index < -0.39 is 0 Å². The van der Waals surface area contributed by atoms with Gasteiger partial charge in [0.2, 0.25) is 5.91 Å². The summed E-state index contributed by atoms with van der Waals surface area (Å²) in [5.41, 5.74) is 0.597. The fourth-order valence-electron chi connectivity index (χ4n) is 3.92. The first-order valence-electron chi connectivity index (χ1n) is 10.5. The zero-order chi connectivity index (χ0) is 21.3. The van der Waals surface area contributed by atoms with Crippen molar-refractivity contribution in [1.82, 2.24) is 14.7 Å². The molecule has 1 fully saturated rings. The molecule has 2 amide bonds. The fourth-order valence-corrected chi connectivity index (χ4v) is 3.92. The van der Waals surface area contributed by atoms with Gasteiger partial charge in [-0.15, -0.1) is 0 Å². The van der Waals surface area contributed by atoms with Crippen LogP contribution in [0.25, 0.3) is 10.8 Å². The molecule has 30 heavy (non-hydrogen) atoms. The van der Waals surface area contributed by atoms with Gasteiger partial charge < -0.3 is 10.2 Å². The van der Waals surface area contributed by atoms with Crippen molar-refractivity contribution in [3.8, 4) is 0 Å². The summed E-state index contributed by atoms with van der Waals surface area (Å²) < 4.78 is 1.84. The average Bonchev–Trinajstić information content (AvgIpc) is 3.22. The van der Waals surface area contributed by atoms with E-state index in [1.54, 1.807) is 0 Å². The quantitative estimate of drug-likeness (QED) is 0.708. The topological polar surface area (TPSA) is 67.2 Å². The highest BCUT2D eigenvalue weighted by molar-refractivity contribution is 6.07. The summed E-state index contributed by atoms with van der Waals surface area (Å²) >= 11 is 0. The summed E-state index contributed by atoms with van der Waals surface area (Å²) in [6, 6.07) is 15.6. The van der Waals surface area contributed by atoms with Gasteiger partial charge in [-0.3, -0.25) is 14.3 Å². The van der Waals surface area contributed by atoms with Crippen molar-refractivity contribution in [2.45, 2.75) is 39.2 Å². The predicted octanol–water partition coefficient (Wildman–Crippen LogP) is 4.28. The molecule has 0 spiro atoms. The minimum atomic E-state index is -0.129. The molecule has 2 heterocycles. The molecule has 0 atom stereocenters. The molecule has 2 aromatic carbocycles. The smallest absolute Gasteiger partial charge is 0.254 e. The van der Waals surface area contributed by atoms with E-state index in [1.165, 1.54) is 0 Å². The molecule has 6 nitrogen and oxygen atoms in total. The minimum Gasteiger partial charge on any atom is -0.339 e. The second-order valence-corrected chi connectivity index (χ2v) is 8.90. The number of hydrogen-bond acceptors (Lipinski definition) is 3. The van der Waals surface area contributed by atoms with Gasteiger partial charge in [-0.1, -0.05) is 36.4 Å². The molecule has 1 aliphatic rings. The van der Waals surface area contributed by atoms with E-state index in [0.29, 0.717) is 31.7 Å². The van der Waals surface area contributed by atoms with E-state index >= 15 is 0 Å². The zero-order valence-electron chi connectivity index (χ0n) is 17.8. The number of amides is 2. The monoisotopic (exact) mass is 404 g/mol. The highest BCUT2D eigenvalue weighted by Crippen LogP contribution is 2.24. The lowest BCUT2D eigenvalue weighted by Crippen LogP contribution is -2.41. The summed E-state index contributed by atoms with van der Waals surface area (Å²) in [5.74, 6) is 0.478. The minimum absolute atomic E-state index is 0.0218. The number of rotatable bonds is 3. The number of fused-ring (bicyclic) bond motifs is 1. The third-order valence-electron chi connectivity index (χ3n) is 5.70. The third kappa shape index (κ3) is 4.08. The number of likely N-dealkylation sites (tertiary alicyclic amines) is 1. The summed E-state index contributed by atoms with van der Waals surface area (Å²) in [6.07, 6.45) is 3.19. The van der Waals surface area contributed by atoms with Crippen LogP contribution in [0.1, 0.15) is 44.0 Å². The van der Waals surface area contributed by atoms with Crippen molar-refractivity contribution in [2.24, 2.45) is 5.92 Å². The number of nitrogens with zero attached hydrogens (tertiary/aromatic N) is 3. The Balaban J connectivity index is 1.38. The fraction of sp³-hybridized carbons (Fsp3) is 0.375. The molecular formula is C24H28N4O2. The first kappa shape index (κ1) is 20.1. The maximum absolute atomic E-state index is 13.1. The Hall–Kier alpha value is -3.15. The first-order valence-corrected chi connectivity index (χ1v) is 10.5. The molecule has 0 aliphatic carbocycles. The second-order valence-electron chi connectivity index (χ2n) is 8.90. The van der Waals surface area contributed by atoms with Crippen LogP contribution in [-0.4, -0.2) is 39.6 Å². The average molecular weight is 405 g/mol. The molecule has 1 saturated heterocycles. The number of nitrogens with one attached hydrogen (secondary N) is 1. The van der Waals surface area contributed by atoms with Gasteiger partial charge in [0.15, 0.2) is 5.82 Å². The highest BCUT2D eigenvalue weighted by atomic mass is 16.2. The third-order valence-corrected chi connectivity index (χ3v) is 5.70. The molecule has 0 bridgehead atoms. The van der Waals surface area contributed by atoms with Crippen LogP contribution in [0.5, 0.6) is 0 Å². The number of aromatic nitrogens is 2. The van der Waals surface area contributed by atoms with Crippen LogP contribution in [0.15, 0.2) is 54.7 Å². The van der Waals surface area contributed by atoms with Gasteiger partial charge in [-0.2, -0.15) is 5.10 Å². The van der Waals surface area contributed by atoms with Crippen molar-refractivity contribution in [3.63, 3.8) is 0 Å². The SMILES string of the molecule is CC(C)(C)n1ccc(NC(=O)C2CCN(C(=O)c3cccc4ccccc34)CC2)n1. The number of benzene rings is 2. The van der Waals surface area contributed by atoms with Crippen molar-refractivity contribution in [1.29, 1.82) is 0 Å². The lowest BCUT2D eigenvalue weighted by Gasteiger charge is -2.31. The molecule has 6 heteroatoms. The molecule has 1 aliphatic heterocycles. The standard InChI is InChI=1S/C24H28N4O2/c1-24(2,3)28-16-13-21(26-28)25-22(29)18-11-14-27(15-12-18)23(30)20-10-6-8-17-7-4-5-9-19(17)20/h4-10,13,16,18H,11-12,14-15H2,1-3H3,(H,25,26,29). The van der Waals surface area contributed by atoms with Gasteiger partial charge in [0.05, 0.1) is 5.54 Å². The molecule has 156 valence electrons. The maximum Gasteiger partial charge on any atom is 0.254 e. The van der Waals surface area contributed by atoms with Crippen LogP contribution >= 0.6 is 0 Å². The van der Waals surface area contributed by atoms with Crippen LogP contribution in [0.4, 0.5) is 5.82 Å². The van der Waals surface area contributed by atoms with E-state index in [1.807, 2.05) is 64.3 Å². The van der Waals surface area contributed by atoms with E-state index in [0.717, 1.165) is 16.3 Å². The van der Waals surface area contributed by atoms with Crippen molar-refractivity contribution in [3.05, 3.63) is 60.3 Å². The number of carbonyl (C=O) groups is 2. The Morgan fingerprint density at radius 1 is 1.00 bits per heavy atom. The highest BCUT2D eigenvalue weighted by Gasteiger charge is 2.29. The number of hydrogen-bond donors (Lipinski definition) is 1. The Morgan fingerprint density at radius 2 is 1.70 bits per heavy atom. The van der Waals surface area contributed by atoms with Crippen molar-refractivity contribution < 1.29 is 9.59 Å². The Labute approximate surface area is 176 Å². The molecule has 0 saturated carbocycles. The molecule has 4 rings (SSSR count). The number of piperidine rings is 1. The number of anilines is 1. The van der Waals surface area contributed by atoms with E-state index in [-0.39, 0.29) is 23.3 Å². The maximum atomic E-state index is 13.1. The van der Waals surface area contributed by atoms with Gasteiger partial charge >= 0.3 is 0 Å². The van der Waals surface area contributed by atoms with Crippen molar-refractivity contribution >= 4 is 28.4 Å². The van der Waals surface area contributed by atoms with Gasteiger partial charge in [-0.05, 0) is 50.5 Å². The molecule has 1 aromatic heterocycles. The lowest BCUT2D eigenvalue weighted by atomic mass is 9.95. The Kier molecular flexibility index (Phi) is 5.33. The van der Waals surface area contributed by atoms with Crippen molar-refractivity contribution in [2.75, 3.05) is 18.4 Å². The Bertz CT molecular complexity index is 1070. The van der Waals surface area contributed by atoms with Gasteiger partial charge in [0.1, 0.15) is 0 Å². The normalized spacial score (nSPS) is 15.4. The lowest BCUT2D eigenvalue weighted by molar-refractivity contribution is -0.121. The van der Waals surface area contributed by atoms with Crippen LogP contribution in [0.2, 0.25) is 0 Å². The molecule has 1 N–H and O–H groups in total. The predicted molar refractivity (Wildman–Crippen MR) is 118 cm³/mol.